The van der Waals surface area contributed by atoms with Crippen molar-refractivity contribution in [1.82, 2.24) is 10.6 Å². The summed E-state index contributed by atoms with van der Waals surface area (Å²) in [5.74, 6) is -0.0565. The van der Waals surface area contributed by atoms with Gasteiger partial charge in [0.25, 0.3) is 5.91 Å². The summed E-state index contributed by atoms with van der Waals surface area (Å²) in [6.45, 7) is 4.42. The third kappa shape index (κ3) is 5.08. The molecule has 2 amide bonds. The average molecular weight is 365 g/mol. The van der Waals surface area contributed by atoms with Crippen LogP contribution in [0.3, 0.4) is 0 Å². The number of benzene rings is 1. The highest BCUT2D eigenvalue weighted by Gasteiger charge is 2.19. The fraction of sp³-hybridized carbons (Fsp3) is 0.333. The first-order chi connectivity index (χ1) is 11.5. The summed E-state index contributed by atoms with van der Waals surface area (Å²) in [6, 6.07) is 10.8. The van der Waals surface area contributed by atoms with Crippen LogP contribution in [-0.2, 0) is 4.79 Å². The Hall–Kier alpha value is -1.85. The molecule has 0 radical (unpaired) electrons. The van der Waals surface area contributed by atoms with E-state index in [-0.39, 0.29) is 30.8 Å². The summed E-state index contributed by atoms with van der Waals surface area (Å²) in [4.78, 5) is 25.3. The zero-order valence-electron chi connectivity index (χ0n) is 13.7. The van der Waals surface area contributed by atoms with Crippen molar-refractivity contribution in [2.75, 3.05) is 6.54 Å². The molecule has 1 aromatic carbocycles. The molecule has 6 heteroatoms. The van der Waals surface area contributed by atoms with Crippen molar-refractivity contribution in [3.8, 4) is 0 Å². The van der Waals surface area contributed by atoms with Crippen LogP contribution in [0.1, 0.15) is 41.5 Å². The van der Waals surface area contributed by atoms with Gasteiger partial charge in [0.05, 0.1) is 16.6 Å². The minimum absolute atomic E-state index is 0.00299. The second-order valence-corrected chi connectivity index (χ2v) is 7.18. The summed E-state index contributed by atoms with van der Waals surface area (Å²) >= 11 is 7.61. The standard InChI is InChI=1S/C18H21ClN2O2S/c1-12(2)17(15-8-5-11-24-15)21-16(22)9-10-20-18(23)13-6-3-4-7-14(13)19/h3-8,11-12,17H,9-10H2,1-2H3,(H,20,23)(H,21,22)/t17-/m0/s1. The van der Waals surface area contributed by atoms with E-state index in [1.807, 2.05) is 17.5 Å². The van der Waals surface area contributed by atoms with Crippen molar-refractivity contribution >= 4 is 34.8 Å². The molecule has 0 aliphatic carbocycles. The molecular formula is C18H21ClN2O2S. The molecule has 4 nitrogen and oxygen atoms in total. The van der Waals surface area contributed by atoms with E-state index in [4.69, 9.17) is 11.6 Å². The van der Waals surface area contributed by atoms with Gasteiger partial charge < -0.3 is 10.6 Å². The zero-order valence-corrected chi connectivity index (χ0v) is 15.3. The van der Waals surface area contributed by atoms with Gasteiger partial charge in [0, 0.05) is 17.8 Å². The van der Waals surface area contributed by atoms with E-state index in [2.05, 4.69) is 24.5 Å². The van der Waals surface area contributed by atoms with Crippen molar-refractivity contribution in [2.45, 2.75) is 26.3 Å². The summed E-state index contributed by atoms with van der Waals surface area (Å²) in [6.07, 6.45) is 0.227. The van der Waals surface area contributed by atoms with Crippen LogP contribution in [0.2, 0.25) is 5.02 Å². The number of thiophene rings is 1. The lowest BCUT2D eigenvalue weighted by molar-refractivity contribution is -0.122. The lowest BCUT2D eigenvalue weighted by Crippen LogP contribution is -2.34. The van der Waals surface area contributed by atoms with Gasteiger partial charge in [-0.2, -0.15) is 0 Å². The smallest absolute Gasteiger partial charge is 0.252 e. The number of amides is 2. The molecule has 0 fully saturated rings. The highest BCUT2D eigenvalue weighted by atomic mass is 35.5. The predicted molar refractivity (Wildman–Crippen MR) is 98.4 cm³/mol. The number of hydrogen-bond acceptors (Lipinski definition) is 3. The van der Waals surface area contributed by atoms with E-state index in [1.54, 1.807) is 35.6 Å². The minimum atomic E-state index is -0.271. The van der Waals surface area contributed by atoms with Gasteiger partial charge in [-0.3, -0.25) is 9.59 Å². The summed E-state index contributed by atoms with van der Waals surface area (Å²) in [5.41, 5.74) is 0.415. The molecule has 128 valence electrons. The van der Waals surface area contributed by atoms with Gasteiger partial charge in [-0.15, -0.1) is 11.3 Å². The molecule has 1 aromatic heterocycles. The first kappa shape index (κ1) is 18.5. The minimum Gasteiger partial charge on any atom is -0.351 e. The van der Waals surface area contributed by atoms with Gasteiger partial charge >= 0.3 is 0 Å². The Bertz CT molecular complexity index is 686. The molecule has 0 aliphatic heterocycles. The Kier molecular flexibility index (Phi) is 6.82. The van der Waals surface area contributed by atoms with Crippen molar-refractivity contribution in [2.24, 2.45) is 5.92 Å². The predicted octanol–water partition coefficient (Wildman–Crippen LogP) is 4.03. The van der Waals surface area contributed by atoms with Crippen LogP contribution in [0.15, 0.2) is 41.8 Å². The van der Waals surface area contributed by atoms with E-state index in [9.17, 15) is 9.59 Å². The Labute approximate surface area is 151 Å². The third-order valence-electron chi connectivity index (χ3n) is 3.59. The van der Waals surface area contributed by atoms with E-state index in [1.165, 1.54) is 0 Å². The van der Waals surface area contributed by atoms with E-state index in [0.717, 1.165) is 4.88 Å². The molecule has 0 saturated carbocycles. The number of carbonyl (C=O) groups is 2. The number of halogens is 1. The van der Waals surface area contributed by atoms with E-state index < -0.39 is 0 Å². The molecule has 1 heterocycles. The maximum Gasteiger partial charge on any atom is 0.252 e. The molecular weight excluding hydrogens is 344 g/mol. The van der Waals surface area contributed by atoms with Gasteiger partial charge in [0.1, 0.15) is 0 Å². The van der Waals surface area contributed by atoms with Crippen LogP contribution in [0, 0.1) is 5.92 Å². The molecule has 24 heavy (non-hydrogen) atoms. The summed E-state index contributed by atoms with van der Waals surface area (Å²) in [5, 5.41) is 8.16. The normalized spacial score (nSPS) is 12.0. The lowest BCUT2D eigenvalue weighted by atomic mass is 10.0. The number of hydrogen-bond donors (Lipinski definition) is 2. The Morgan fingerprint density at radius 3 is 2.54 bits per heavy atom. The SMILES string of the molecule is CC(C)[C@H](NC(=O)CCNC(=O)c1ccccc1Cl)c1cccs1. The maximum atomic E-state index is 12.2. The molecule has 2 aromatic rings. The van der Waals surface area contributed by atoms with Gasteiger partial charge in [-0.1, -0.05) is 43.6 Å². The summed E-state index contributed by atoms with van der Waals surface area (Å²) in [7, 11) is 0. The fourth-order valence-electron chi connectivity index (χ4n) is 2.31. The van der Waals surface area contributed by atoms with E-state index >= 15 is 0 Å². The Balaban J connectivity index is 1.83. The monoisotopic (exact) mass is 364 g/mol. The van der Waals surface area contributed by atoms with Crippen molar-refractivity contribution in [3.63, 3.8) is 0 Å². The second kappa shape index (κ2) is 8.85. The largest absolute Gasteiger partial charge is 0.351 e. The van der Waals surface area contributed by atoms with Gasteiger partial charge in [0.15, 0.2) is 0 Å². The average Bonchev–Trinajstić information content (AvgIpc) is 3.06. The van der Waals surface area contributed by atoms with Crippen LogP contribution >= 0.6 is 22.9 Å². The highest BCUT2D eigenvalue weighted by molar-refractivity contribution is 7.10. The van der Waals surface area contributed by atoms with Gasteiger partial charge in [-0.25, -0.2) is 0 Å². The van der Waals surface area contributed by atoms with Crippen molar-refractivity contribution in [3.05, 3.63) is 57.2 Å². The van der Waals surface area contributed by atoms with E-state index in [0.29, 0.717) is 16.5 Å². The third-order valence-corrected chi connectivity index (χ3v) is 4.87. The van der Waals surface area contributed by atoms with Crippen molar-refractivity contribution < 1.29 is 9.59 Å². The Morgan fingerprint density at radius 2 is 1.92 bits per heavy atom. The molecule has 1 atom stereocenters. The van der Waals surface area contributed by atoms with Gasteiger partial charge in [0.2, 0.25) is 5.91 Å². The highest BCUT2D eigenvalue weighted by Crippen LogP contribution is 2.25. The molecule has 0 spiro atoms. The first-order valence-corrected chi connectivity index (χ1v) is 9.10. The maximum absolute atomic E-state index is 12.2. The van der Waals surface area contributed by atoms with Crippen LogP contribution in [-0.4, -0.2) is 18.4 Å². The number of rotatable bonds is 7. The van der Waals surface area contributed by atoms with Crippen LogP contribution in [0.4, 0.5) is 0 Å². The fourth-order valence-corrected chi connectivity index (χ4v) is 3.48. The molecule has 0 unspecified atom stereocenters. The lowest BCUT2D eigenvalue weighted by Gasteiger charge is -2.21. The number of nitrogens with one attached hydrogen (secondary N) is 2. The zero-order chi connectivity index (χ0) is 17.5. The summed E-state index contributed by atoms with van der Waals surface area (Å²) < 4.78 is 0. The Morgan fingerprint density at radius 1 is 1.17 bits per heavy atom. The molecule has 2 rings (SSSR count). The molecule has 0 saturated heterocycles. The first-order valence-electron chi connectivity index (χ1n) is 7.84. The van der Waals surface area contributed by atoms with Crippen molar-refractivity contribution in [1.29, 1.82) is 0 Å². The van der Waals surface area contributed by atoms with Crippen LogP contribution in [0.5, 0.6) is 0 Å². The molecule has 0 bridgehead atoms. The topological polar surface area (TPSA) is 58.2 Å². The quantitative estimate of drug-likeness (QED) is 0.779. The van der Waals surface area contributed by atoms with Crippen LogP contribution < -0.4 is 10.6 Å². The second-order valence-electron chi connectivity index (χ2n) is 5.79. The molecule has 0 aliphatic rings. The molecule has 2 N–H and O–H groups in total. The van der Waals surface area contributed by atoms with Crippen LogP contribution in [0.25, 0.3) is 0 Å². The number of carbonyl (C=O) groups excluding carboxylic acids is 2. The van der Waals surface area contributed by atoms with Gasteiger partial charge in [-0.05, 0) is 29.5 Å².